The van der Waals surface area contributed by atoms with Crippen LogP contribution in [0.3, 0.4) is 0 Å². The fourth-order valence-corrected chi connectivity index (χ4v) is 2.86. The lowest BCUT2D eigenvalue weighted by atomic mass is 10.0. The molecule has 3 heterocycles. The number of para-hydroxylation sites is 1. The molecule has 0 amide bonds. The van der Waals surface area contributed by atoms with Gasteiger partial charge in [0.05, 0.1) is 5.52 Å². The van der Waals surface area contributed by atoms with Crippen LogP contribution in [0.4, 0.5) is 0 Å². The van der Waals surface area contributed by atoms with Crippen LogP contribution >= 0.6 is 0 Å². The van der Waals surface area contributed by atoms with Gasteiger partial charge in [0.1, 0.15) is 5.65 Å². The number of aromatic amines is 1. The average Bonchev–Trinajstić information content (AvgIpc) is 2.97. The lowest BCUT2D eigenvalue weighted by molar-refractivity contribution is 1.15. The molecule has 0 spiro atoms. The Kier molecular flexibility index (Phi) is 2.71. The second kappa shape index (κ2) is 4.70. The average molecular weight is 273 g/mol. The predicted molar refractivity (Wildman–Crippen MR) is 86.2 cm³/mol. The molecule has 0 aliphatic heterocycles. The minimum Gasteiger partial charge on any atom is -0.346 e. The van der Waals surface area contributed by atoms with Crippen LogP contribution in [0, 0.1) is 0 Å². The topological polar surface area (TPSA) is 41.6 Å². The van der Waals surface area contributed by atoms with Crippen molar-refractivity contribution in [3.63, 3.8) is 0 Å². The summed E-state index contributed by atoms with van der Waals surface area (Å²) in [5.41, 5.74) is 5.59. The Morgan fingerprint density at radius 1 is 1.10 bits per heavy atom. The maximum atomic E-state index is 4.57. The molecule has 3 heteroatoms. The Morgan fingerprint density at radius 2 is 2.00 bits per heavy atom. The lowest BCUT2D eigenvalue weighted by Gasteiger charge is -2.06. The van der Waals surface area contributed by atoms with Crippen LogP contribution in [-0.4, -0.2) is 15.0 Å². The summed E-state index contributed by atoms with van der Waals surface area (Å²) in [6.45, 7) is 2.16. The number of hydrogen-bond acceptors (Lipinski definition) is 2. The van der Waals surface area contributed by atoms with E-state index >= 15 is 0 Å². The predicted octanol–water partition coefficient (Wildman–Crippen LogP) is 4.34. The zero-order valence-electron chi connectivity index (χ0n) is 11.8. The fourth-order valence-electron chi connectivity index (χ4n) is 2.86. The second-order valence-corrected chi connectivity index (χ2v) is 5.17. The van der Waals surface area contributed by atoms with E-state index in [0.717, 1.165) is 28.5 Å². The number of nitrogens with zero attached hydrogens (tertiary/aromatic N) is 2. The molecule has 0 bridgehead atoms. The Hall–Kier alpha value is -2.68. The molecule has 3 aromatic heterocycles. The lowest BCUT2D eigenvalue weighted by Crippen LogP contribution is -1.87. The summed E-state index contributed by atoms with van der Waals surface area (Å²) in [6.07, 6.45) is 6.84. The molecule has 0 unspecified atom stereocenters. The van der Waals surface area contributed by atoms with Gasteiger partial charge in [-0.05, 0) is 35.7 Å². The summed E-state index contributed by atoms with van der Waals surface area (Å²) in [4.78, 5) is 12.3. The smallest absolute Gasteiger partial charge is 0.138 e. The zero-order chi connectivity index (χ0) is 14.2. The van der Waals surface area contributed by atoms with Crippen molar-refractivity contribution in [2.45, 2.75) is 13.3 Å². The van der Waals surface area contributed by atoms with E-state index in [9.17, 15) is 0 Å². The van der Waals surface area contributed by atoms with Crippen molar-refractivity contribution in [3.8, 4) is 11.1 Å². The number of pyridine rings is 2. The number of aryl methyl sites for hydroxylation is 1. The highest BCUT2D eigenvalue weighted by Crippen LogP contribution is 2.31. The van der Waals surface area contributed by atoms with E-state index in [2.05, 4.69) is 46.3 Å². The van der Waals surface area contributed by atoms with E-state index in [1.807, 2.05) is 30.6 Å². The van der Waals surface area contributed by atoms with Crippen molar-refractivity contribution in [1.29, 1.82) is 0 Å². The number of fused-ring (bicyclic) bond motifs is 2. The SMILES string of the molecule is CCc1c[nH]c2nccc(-c3cnc4ccccc4c3)c12. The standard InChI is InChI=1S/C18H15N3/c1-2-12-10-21-18-17(12)15(7-8-19-18)14-9-13-5-3-4-6-16(13)20-11-14/h3-11H,2H2,1H3,(H,19,21). The van der Waals surface area contributed by atoms with Gasteiger partial charge in [0.15, 0.2) is 0 Å². The highest BCUT2D eigenvalue weighted by atomic mass is 14.8. The first kappa shape index (κ1) is 12.1. The number of aromatic nitrogens is 3. The molecule has 0 aliphatic carbocycles. The van der Waals surface area contributed by atoms with Crippen LogP contribution in [0.2, 0.25) is 0 Å². The van der Waals surface area contributed by atoms with Crippen LogP contribution in [0.15, 0.2) is 55.0 Å². The highest BCUT2D eigenvalue weighted by molar-refractivity contribution is 5.97. The Bertz CT molecular complexity index is 937. The van der Waals surface area contributed by atoms with Gasteiger partial charge in [-0.2, -0.15) is 0 Å². The number of rotatable bonds is 2. The number of benzene rings is 1. The number of H-pyrrole nitrogens is 1. The van der Waals surface area contributed by atoms with Crippen molar-refractivity contribution in [2.75, 3.05) is 0 Å². The maximum Gasteiger partial charge on any atom is 0.138 e. The van der Waals surface area contributed by atoms with Crippen LogP contribution in [0.1, 0.15) is 12.5 Å². The Morgan fingerprint density at radius 3 is 2.90 bits per heavy atom. The molecular weight excluding hydrogens is 258 g/mol. The van der Waals surface area contributed by atoms with Gasteiger partial charge >= 0.3 is 0 Å². The third-order valence-electron chi connectivity index (χ3n) is 3.94. The first-order valence-corrected chi connectivity index (χ1v) is 7.17. The van der Waals surface area contributed by atoms with Crippen molar-refractivity contribution in [1.82, 2.24) is 15.0 Å². The molecule has 0 saturated carbocycles. The minimum atomic E-state index is 0.942. The van der Waals surface area contributed by atoms with E-state index < -0.39 is 0 Å². The first-order valence-electron chi connectivity index (χ1n) is 7.17. The van der Waals surface area contributed by atoms with Gasteiger partial charge in [-0.15, -0.1) is 0 Å². The van der Waals surface area contributed by atoms with Gasteiger partial charge in [-0.3, -0.25) is 4.98 Å². The van der Waals surface area contributed by atoms with E-state index in [-0.39, 0.29) is 0 Å². The zero-order valence-corrected chi connectivity index (χ0v) is 11.8. The summed E-state index contributed by atoms with van der Waals surface area (Å²) in [5.74, 6) is 0. The summed E-state index contributed by atoms with van der Waals surface area (Å²) >= 11 is 0. The summed E-state index contributed by atoms with van der Waals surface area (Å²) in [7, 11) is 0. The van der Waals surface area contributed by atoms with Gasteiger partial charge in [0, 0.05) is 34.9 Å². The van der Waals surface area contributed by atoms with Crippen LogP contribution in [0.25, 0.3) is 33.1 Å². The molecule has 1 N–H and O–H groups in total. The minimum absolute atomic E-state index is 0.942. The van der Waals surface area contributed by atoms with Gasteiger partial charge in [-0.25, -0.2) is 4.98 Å². The molecule has 0 aliphatic rings. The molecule has 102 valence electrons. The molecule has 21 heavy (non-hydrogen) atoms. The quantitative estimate of drug-likeness (QED) is 0.590. The van der Waals surface area contributed by atoms with E-state index in [1.54, 1.807) is 0 Å². The fraction of sp³-hybridized carbons (Fsp3) is 0.111. The molecule has 4 rings (SSSR count). The van der Waals surface area contributed by atoms with Gasteiger partial charge in [0.2, 0.25) is 0 Å². The summed E-state index contributed by atoms with van der Waals surface area (Å²) in [5, 5.41) is 2.37. The van der Waals surface area contributed by atoms with E-state index in [0.29, 0.717) is 0 Å². The molecule has 0 atom stereocenters. The van der Waals surface area contributed by atoms with Crippen LogP contribution in [0.5, 0.6) is 0 Å². The Labute approximate surface area is 122 Å². The third-order valence-corrected chi connectivity index (χ3v) is 3.94. The maximum absolute atomic E-state index is 4.57. The molecule has 0 radical (unpaired) electrons. The van der Waals surface area contributed by atoms with Gasteiger partial charge in [-0.1, -0.05) is 25.1 Å². The molecule has 3 nitrogen and oxygen atoms in total. The van der Waals surface area contributed by atoms with Gasteiger partial charge in [0.25, 0.3) is 0 Å². The Balaban J connectivity index is 2.01. The van der Waals surface area contributed by atoms with E-state index in [1.165, 1.54) is 16.5 Å². The summed E-state index contributed by atoms with van der Waals surface area (Å²) in [6, 6.07) is 12.5. The van der Waals surface area contributed by atoms with Crippen LogP contribution < -0.4 is 0 Å². The number of nitrogens with one attached hydrogen (secondary N) is 1. The number of hydrogen-bond donors (Lipinski definition) is 1. The van der Waals surface area contributed by atoms with Crippen molar-refractivity contribution in [3.05, 3.63) is 60.6 Å². The van der Waals surface area contributed by atoms with E-state index in [4.69, 9.17) is 0 Å². The largest absolute Gasteiger partial charge is 0.346 e. The van der Waals surface area contributed by atoms with Crippen molar-refractivity contribution >= 4 is 21.9 Å². The summed E-state index contributed by atoms with van der Waals surface area (Å²) < 4.78 is 0. The van der Waals surface area contributed by atoms with Crippen molar-refractivity contribution in [2.24, 2.45) is 0 Å². The molecule has 1 aromatic carbocycles. The normalized spacial score (nSPS) is 11.3. The molecule has 4 aromatic rings. The highest BCUT2D eigenvalue weighted by Gasteiger charge is 2.10. The first-order chi connectivity index (χ1) is 10.4. The molecule has 0 saturated heterocycles. The molecule has 0 fully saturated rings. The van der Waals surface area contributed by atoms with Gasteiger partial charge < -0.3 is 4.98 Å². The van der Waals surface area contributed by atoms with Crippen molar-refractivity contribution < 1.29 is 0 Å². The second-order valence-electron chi connectivity index (χ2n) is 5.17. The van der Waals surface area contributed by atoms with Crippen LogP contribution in [-0.2, 0) is 6.42 Å². The monoisotopic (exact) mass is 273 g/mol. The molecular formula is C18H15N3. The third kappa shape index (κ3) is 1.89.